The molecule has 6 nitrogen and oxygen atoms in total. The smallest absolute Gasteiger partial charge is 0.265 e. The van der Waals surface area contributed by atoms with Gasteiger partial charge in [0.05, 0.1) is 20.8 Å². The first kappa shape index (κ1) is 13.4. The normalized spacial score (nSPS) is 10.5. The molecule has 1 N–H and O–H groups in total. The molecule has 0 aliphatic rings. The Morgan fingerprint density at radius 3 is 2.47 bits per heavy atom. The Bertz CT molecular complexity index is 517. The Morgan fingerprint density at radius 2 is 1.89 bits per heavy atom. The predicted octanol–water partition coefficient (Wildman–Crippen LogP) is 1.86. The van der Waals surface area contributed by atoms with Crippen LogP contribution in [0.4, 0.5) is 0 Å². The number of methoxy groups -OCH3 is 2. The van der Waals surface area contributed by atoms with Crippen molar-refractivity contribution < 1.29 is 14.0 Å². The summed E-state index contributed by atoms with van der Waals surface area (Å²) >= 11 is 0. The second-order valence-corrected chi connectivity index (χ2v) is 3.83. The topological polar surface area (TPSA) is 69.4 Å². The molecule has 0 atom stereocenters. The first-order valence-corrected chi connectivity index (χ1v) is 6.04. The highest BCUT2D eigenvalue weighted by molar-refractivity contribution is 5.70. The van der Waals surface area contributed by atoms with E-state index in [4.69, 9.17) is 14.0 Å². The van der Waals surface area contributed by atoms with Gasteiger partial charge in [0.25, 0.3) is 5.89 Å². The number of rotatable bonds is 6. The molecule has 0 saturated carbocycles. The van der Waals surface area contributed by atoms with Crippen LogP contribution in [0.5, 0.6) is 11.5 Å². The monoisotopic (exact) mass is 263 g/mol. The Morgan fingerprint density at radius 1 is 1.21 bits per heavy atom. The molecular formula is C13H17N3O3. The first-order valence-electron chi connectivity index (χ1n) is 6.04. The zero-order chi connectivity index (χ0) is 13.7. The number of hydrogen-bond donors (Lipinski definition) is 1. The lowest BCUT2D eigenvalue weighted by molar-refractivity contribution is 0.384. The number of aromatic nitrogens is 2. The SMILES string of the molecule is CCNCc1noc(-c2c(OC)cccc2OC)n1. The summed E-state index contributed by atoms with van der Waals surface area (Å²) in [6.45, 7) is 3.43. The number of nitrogens with zero attached hydrogens (tertiary/aromatic N) is 2. The van der Waals surface area contributed by atoms with Crippen molar-refractivity contribution in [1.82, 2.24) is 15.5 Å². The van der Waals surface area contributed by atoms with E-state index < -0.39 is 0 Å². The van der Waals surface area contributed by atoms with Gasteiger partial charge in [0, 0.05) is 0 Å². The minimum Gasteiger partial charge on any atom is -0.496 e. The molecule has 0 fully saturated rings. The van der Waals surface area contributed by atoms with Crippen LogP contribution < -0.4 is 14.8 Å². The summed E-state index contributed by atoms with van der Waals surface area (Å²) < 4.78 is 15.9. The average Bonchev–Trinajstić information content (AvgIpc) is 2.92. The number of hydrogen-bond acceptors (Lipinski definition) is 6. The highest BCUT2D eigenvalue weighted by atomic mass is 16.5. The maximum absolute atomic E-state index is 5.31. The van der Waals surface area contributed by atoms with Crippen LogP contribution in [0.15, 0.2) is 22.7 Å². The quantitative estimate of drug-likeness (QED) is 0.858. The van der Waals surface area contributed by atoms with Gasteiger partial charge in [0.1, 0.15) is 17.1 Å². The van der Waals surface area contributed by atoms with E-state index in [0.717, 1.165) is 6.54 Å². The van der Waals surface area contributed by atoms with Gasteiger partial charge in [-0.2, -0.15) is 4.98 Å². The molecule has 0 amide bonds. The lowest BCUT2D eigenvalue weighted by atomic mass is 10.1. The van der Waals surface area contributed by atoms with Crippen molar-refractivity contribution in [3.05, 3.63) is 24.0 Å². The summed E-state index contributed by atoms with van der Waals surface area (Å²) in [5.41, 5.74) is 0.669. The van der Waals surface area contributed by atoms with Crippen LogP contribution in [0.2, 0.25) is 0 Å². The van der Waals surface area contributed by atoms with E-state index in [-0.39, 0.29) is 0 Å². The molecule has 19 heavy (non-hydrogen) atoms. The third kappa shape index (κ3) is 2.85. The van der Waals surface area contributed by atoms with E-state index >= 15 is 0 Å². The minimum atomic E-state index is 0.391. The molecule has 0 radical (unpaired) electrons. The summed E-state index contributed by atoms with van der Waals surface area (Å²) in [5, 5.41) is 7.06. The molecule has 0 bridgehead atoms. The maximum atomic E-state index is 5.31. The van der Waals surface area contributed by atoms with Gasteiger partial charge in [-0.05, 0) is 18.7 Å². The molecule has 0 aliphatic heterocycles. The molecule has 2 rings (SSSR count). The van der Waals surface area contributed by atoms with Crippen molar-refractivity contribution in [3.8, 4) is 23.0 Å². The highest BCUT2D eigenvalue weighted by Crippen LogP contribution is 2.36. The molecule has 1 heterocycles. The average molecular weight is 263 g/mol. The van der Waals surface area contributed by atoms with Crippen molar-refractivity contribution in [2.45, 2.75) is 13.5 Å². The second kappa shape index (κ2) is 6.19. The Kier molecular flexibility index (Phi) is 4.35. The van der Waals surface area contributed by atoms with Crippen LogP contribution in [0.25, 0.3) is 11.5 Å². The molecule has 6 heteroatoms. The molecule has 102 valence electrons. The van der Waals surface area contributed by atoms with Gasteiger partial charge in [-0.25, -0.2) is 0 Å². The fraction of sp³-hybridized carbons (Fsp3) is 0.385. The highest BCUT2D eigenvalue weighted by Gasteiger charge is 2.18. The van der Waals surface area contributed by atoms with Gasteiger partial charge >= 0.3 is 0 Å². The van der Waals surface area contributed by atoms with Gasteiger partial charge in [0.15, 0.2) is 5.82 Å². The zero-order valence-corrected chi connectivity index (χ0v) is 11.3. The third-order valence-corrected chi connectivity index (χ3v) is 2.64. The lowest BCUT2D eigenvalue weighted by Crippen LogP contribution is -2.12. The fourth-order valence-corrected chi connectivity index (χ4v) is 1.73. The standard InChI is InChI=1S/C13H17N3O3/c1-4-14-8-11-15-13(19-16-11)12-9(17-2)6-5-7-10(12)18-3/h5-7,14H,4,8H2,1-3H3. The van der Waals surface area contributed by atoms with Gasteiger partial charge in [-0.1, -0.05) is 18.1 Å². The largest absolute Gasteiger partial charge is 0.496 e. The molecule has 0 spiro atoms. The summed E-state index contributed by atoms with van der Waals surface area (Å²) in [4.78, 5) is 4.33. The minimum absolute atomic E-state index is 0.391. The van der Waals surface area contributed by atoms with Crippen LogP contribution in [0, 0.1) is 0 Å². The molecule has 1 aromatic heterocycles. The van der Waals surface area contributed by atoms with Crippen molar-refractivity contribution in [1.29, 1.82) is 0 Å². The van der Waals surface area contributed by atoms with E-state index in [9.17, 15) is 0 Å². The maximum Gasteiger partial charge on any atom is 0.265 e. The second-order valence-electron chi connectivity index (χ2n) is 3.83. The Labute approximate surface area is 111 Å². The van der Waals surface area contributed by atoms with E-state index in [2.05, 4.69) is 15.5 Å². The summed E-state index contributed by atoms with van der Waals surface area (Å²) in [5.74, 6) is 2.27. The van der Waals surface area contributed by atoms with Crippen LogP contribution in [0.1, 0.15) is 12.7 Å². The lowest BCUT2D eigenvalue weighted by Gasteiger charge is -2.09. The van der Waals surface area contributed by atoms with Gasteiger partial charge in [-0.3, -0.25) is 0 Å². The van der Waals surface area contributed by atoms with E-state index in [1.54, 1.807) is 14.2 Å². The zero-order valence-electron chi connectivity index (χ0n) is 11.3. The van der Waals surface area contributed by atoms with Gasteiger partial charge < -0.3 is 19.3 Å². The fourth-order valence-electron chi connectivity index (χ4n) is 1.73. The third-order valence-electron chi connectivity index (χ3n) is 2.64. The van der Waals surface area contributed by atoms with Gasteiger partial charge in [-0.15, -0.1) is 0 Å². The van der Waals surface area contributed by atoms with E-state index in [1.807, 2.05) is 25.1 Å². The number of ether oxygens (including phenoxy) is 2. The van der Waals surface area contributed by atoms with Gasteiger partial charge in [0.2, 0.25) is 0 Å². The van der Waals surface area contributed by atoms with Crippen molar-refractivity contribution in [2.75, 3.05) is 20.8 Å². The van der Waals surface area contributed by atoms with Crippen LogP contribution in [-0.2, 0) is 6.54 Å². The molecule has 1 aromatic carbocycles. The molecule has 0 saturated heterocycles. The predicted molar refractivity (Wildman–Crippen MR) is 70.2 cm³/mol. The Balaban J connectivity index is 2.37. The van der Waals surface area contributed by atoms with E-state index in [0.29, 0.717) is 35.3 Å². The summed E-state index contributed by atoms with van der Waals surface area (Å²) in [6, 6.07) is 5.50. The summed E-state index contributed by atoms with van der Waals surface area (Å²) in [6.07, 6.45) is 0. The van der Waals surface area contributed by atoms with Crippen molar-refractivity contribution >= 4 is 0 Å². The molecule has 0 unspecified atom stereocenters. The van der Waals surface area contributed by atoms with Crippen LogP contribution in [-0.4, -0.2) is 30.9 Å². The first-order chi connectivity index (χ1) is 9.30. The summed E-state index contributed by atoms with van der Waals surface area (Å²) in [7, 11) is 3.18. The Hall–Kier alpha value is -2.08. The van der Waals surface area contributed by atoms with Crippen LogP contribution in [0.3, 0.4) is 0 Å². The molecule has 2 aromatic rings. The van der Waals surface area contributed by atoms with Crippen LogP contribution >= 0.6 is 0 Å². The van der Waals surface area contributed by atoms with E-state index in [1.165, 1.54) is 0 Å². The number of nitrogens with one attached hydrogen (secondary N) is 1. The molecular weight excluding hydrogens is 246 g/mol. The molecule has 0 aliphatic carbocycles. The van der Waals surface area contributed by atoms with Crippen molar-refractivity contribution in [2.24, 2.45) is 0 Å². The van der Waals surface area contributed by atoms with Crippen molar-refractivity contribution in [3.63, 3.8) is 0 Å². The number of benzene rings is 1.